The lowest BCUT2D eigenvalue weighted by Crippen LogP contribution is -2.37. The summed E-state index contributed by atoms with van der Waals surface area (Å²) in [6.45, 7) is 2.69. The van der Waals surface area contributed by atoms with Crippen LogP contribution in [0.1, 0.15) is 23.0 Å². The van der Waals surface area contributed by atoms with Crippen LogP contribution in [0.3, 0.4) is 0 Å². The molecule has 1 aliphatic heterocycles. The van der Waals surface area contributed by atoms with Crippen LogP contribution in [0.5, 0.6) is 0 Å². The minimum Gasteiger partial charge on any atom is -0.356 e. The predicted octanol–water partition coefficient (Wildman–Crippen LogP) is 1.68. The Kier molecular flexibility index (Phi) is 6.99. The van der Waals surface area contributed by atoms with E-state index in [0.29, 0.717) is 18.8 Å². The van der Waals surface area contributed by atoms with E-state index in [1.807, 2.05) is 25.1 Å². The van der Waals surface area contributed by atoms with Crippen molar-refractivity contribution in [2.24, 2.45) is 0 Å². The van der Waals surface area contributed by atoms with Gasteiger partial charge in [-0.15, -0.1) is 0 Å². The van der Waals surface area contributed by atoms with Crippen molar-refractivity contribution >= 4 is 39.3 Å². The fourth-order valence-corrected chi connectivity index (χ4v) is 5.56. The van der Waals surface area contributed by atoms with Crippen molar-refractivity contribution in [3.8, 4) is 0 Å². The molecule has 1 fully saturated rings. The molecule has 2 amide bonds. The molecule has 29 heavy (non-hydrogen) atoms. The largest absolute Gasteiger partial charge is 0.356 e. The number of benzene rings is 1. The van der Waals surface area contributed by atoms with Gasteiger partial charge in [-0.2, -0.15) is 16.1 Å². The first-order chi connectivity index (χ1) is 13.9. The summed E-state index contributed by atoms with van der Waals surface area (Å²) >= 11 is 1.72. The van der Waals surface area contributed by atoms with Gasteiger partial charge >= 0.3 is 0 Å². The van der Waals surface area contributed by atoms with Gasteiger partial charge in [-0.1, -0.05) is 25.1 Å². The summed E-state index contributed by atoms with van der Waals surface area (Å²) in [6.07, 6.45) is 2.09. The summed E-state index contributed by atoms with van der Waals surface area (Å²) in [7, 11) is -3.62. The van der Waals surface area contributed by atoms with Crippen molar-refractivity contribution in [1.82, 2.24) is 14.6 Å². The van der Waals surface area contributed by atoms with E-state index in [1.54, 1.807) is 17.8 Å². The van der Waals surface area contributed by atoms with Gasteiger partial charge in [0.1, 0.15) is 10.6 Å². The second-order valence-electron chi connectivity index (χ2n) is 6.51. The Labute approximate surface area is 174 Å². The van der Waals surface area contributed by atoms with Gasteiger partial charge in [-0.05, 0) is 24.1 Å². The van der Waals surface area contributed by atoms with Gasteiger partial charge in [-0.25, -0.2) is 8.42 Å². The molecule has 156 valence electrons. The number of aryl methyl sites for hydroxylation is 1. The van der Waals surface area contributed by atoms with Crippen molar-refractivity contribution in [3.05, 3.63) is 47.8 Å². The third-order valence-corrected chi connectivity index (χ3v) is 7.41. The minimum absolute atomic E-state index is 0.0517. The molecule has 3 N–H and O–H groups in total. The third-order valence-electron chi connectivity index (χ3n) is 4.59. The summed E-state index contributed by atoms with van der Waals surface area (Å²) in [4.78, 5) is 27.2. The number of hydrogen-bond donors (Lipinski definition) is 3. The number of nitrogens with zero attached hydrogens (tertiary/aromatic N) is 1. The number of hydrogen-bond acceptors (Lipinski definition) is 5. The fraction of sp³-hybridized carbons (Fsp3) is 0.368. The number of carbonyl (C=O) groups excluding carboxylic acids is 2. The molecule has 1 aromatic carbocycles. The number of amides is 2. The Morgan fingerprint density at radius 1 is 1.21 bits per heavy atom. The van der Waals surface area contributed by atoms with Crippen LogP contribution in [0.15, 0.2) is 41.4 Å². The molecule has 1 aromatic heterocycles. The molecule has 2 aromatic rings. The first-order valence-corrected chi connectivity index (χ1v) is 11.9. The summed E-state index contributed by atoms with van der Waals surface area (Å²) in [5.41, 5.74) is 1.81. The fourth-order valence-electron chi connectivity index (χ4n) is 2.99. The number of H-pyrrole nitrogens is 1. The molecule has 0 unspecified atom stereocenters. The average molecular weight is 437 g/mol. The molecule has 1 saturated heterocycles. The lowest BCUT2D eigenvalue weighted by molar-refractivity contribution is -0.115. The maximum absolute atomic E-state index is 12.7. The molecule has 1 aliphatic rings. The van der Waals surface area contributed by atoms with Crippen LogP contribution in [-0.4, -0.2) is 60.7 Å². The van der Waals surface area contributed by atoms with E-state index in [-0.39, 0.29) is 23.0 Å². The van der Waals surface area contributed by atoms with E-state index in [1.165, 1.54) is 16.6 Å². The Morgan fingerprint density at radius 2 is 1.93 bits per heavy atom. The van der Waals surface area contributed by atoms with E-state index in [9.17, 15) is 18.0 Å². The van der Waals surface area contributed by atoms with Gasteiger partial charge in [0.15, 0.2) is 0 Å². The zero-order valence-corrected chi connectivity index (χ0v) is 17.7. The van der Waals surface area contributed by atoms with Gasteiger partial charge < -0.3 is 15.6 Å². The number of carbonyl (C=O) groups is 2. The maximum atomic E-state index is 12.7. The van der Waals surface area contributed by atoms with E-state index in [4.69, 9.17) is 0 Å². The van der Waals surface area contributed by atoms with Gasteiger partial charge in [0.25, 0.3) is 5.91 Å². The lowest BCUT2D eigenvalue weighted by Gasteiger charge is -2.24. The van der Waals surface area contributed by atoms with Crippen LogP contribution in [0.25, 0.3) is 0 Å². The number of aromatic amines is 1. The van der Waals surface area contributed by atoms with Crippen LogP contribution in [0.4, 0.5) is 5.69 Å². The Morgan fingerprint density at radius 3 is 2.66 bits per heavy atom. The topological polar surface area (TPSA) is 111 Å². The van der Waals surface area contributed by atoms with Crippen LogP contribution in [-0.2, 0) is 21.2 Å². The quantitative estimate of drug-likeness (QED) is 0.612. The number of aromatic nitrogens is 1. The zero-order chi connectivity index (χ0) is 20.9. The smallest absolute Gasteiger partial charge is 0.268 e. The summed E-state index contributed by atoms with van der Waals surface area (Å²) in [5.74, 6) is 0.615. The van der Waals surface area contributed by atoms with Crippen molar-refractivity contribution in [3.63, 3.8) is 0 Å². The SMILES string of the molecule is CCc1ccccc1NC(=O)CNC(=O)c1cc(S(=O)(=O)N2CCSCC2)c[nH]1. The second-order valence-corrected chi connectivity index (χ2v) is 9.67. The molecule has 0 aliphatic carbocycles. The molecule has 2 heterocycles. The number of nitrogens with one attached hydrogen (secondary N) is 3. The van der Waals surface area contributed by atoms with Crippen molar-refractivity contribution < 1.29 is 18.0 Å². The number of rotatable bonds is 7. The molecular formula is C19H24N4O4S2. The number of thioether (sulfide) groups is 1. The van der Waals surface area contributed by atoms with Gasteiger partial charge in [0.05, 0.1) is 6.54 Å². The molecule has 10 heteroatoms. The van der Waals surface area contributed by atoms with Gasteiger partial charge in [0, 0.05) is 36.5 Å². The van der Waals surface area contributed by atoms with Gasteiger partial charge in [-0.3, -0.25) is 9.59 Å². The van der Waals surface area contributed by atoms with Crippen LogP contribution >= 0.6 is 11.8 Å². The standard InChI is InChI=1S/C19H24N4O4S2/c1-2-14-5-3-4-6-16(14)22-18(24)13-21-19(25)17-11-15(12-20-17)29(26,27)23-7-9-28-10-8-23/h3-6,11-12,20H,2,7-10,13H2,1H3,(H,21,25)(H,22,24). The number of sulfonamides is 1. The Bertz CT molecular complexity index is 982. The van der Waals surface area contributed by atoms with E-state index in [0.717, 1.165) is 23.5 Å². The molecule has 0 bridgehead atoms. The Hall–Kier alpha value is -2.30. The van der Waals surface area contributed by atoms with E-state index < -0.39 is 15.9 Å². The summed E-state index contributed by atoms with van der Waals surface area (Å²) in [5, 5.41) is 5.28. The molecule has 3 rings (SSSR count). The van der Waals surface area contributed by atoms with Gasteiger partial charge in [0.2, 0.25) is 15.9 Å². The van der Waals surface area contributed by atoms with Crippen molar-refractivity contribution in [1.29, 1.82) is 0 Å². The first-order valence-electron chi connectivity index (χ1n) is 9.34. The highest BCUT2D eigenvalue weighted by molar-refractivity contribution is 7.99. The van der Waals surface area contributed by atoms with E-state index in [2.05, 4.69) is 15.6 Å². The highest BCUT2D eigenvalue weighted by Gasteiger charge is 2.27. The first kappa shape index (κ1) is 21.4. The maximum Gasteiger partial charge on any atom is 0.268 e. The zero-order valence-electron chi connectivity index (χ0n) is 16.1. The molecule has 8 nitrogen and oxygen atoms in total. The molecule has 0 saturated carbocycles. The normalized spacial score (nSPS) is 15.1. The third kappa shape index (κ3) is 5.20. The monoisotopic (exact) mass is 436 g/mol. The van der Waals surface area contributed by atoms with E-state index >= 15 is 0 Å². The van der Waals surface area contributed by atoms with Crippen molar-refractivity contribution in [2.45, 2.75) is 18.2 Å². The number of anilines is 1. The average Bonchev–Trinajstić information content (AvgIpc) is 3.24. The summed E-state index contributed by atoms with van der Waals surface area (Å²) in [6, 6.07) is 8.76. The molecular weight excluding hydrogens is 412 g/mol. The predicted molar refractivity (Wildman–Crippen MR) is 114 cm³/mol. The highest BCUT2D eigenvalue weighted by atomic mass is 32.2. The van der Waals surface area contributed by atoms with Crippen LogP contribution < -0.4 is 10.6 Å². The lowest BCUT2D eigenvalue weighted by atomic mass is 10.1. The molecule has 0 radical (unpaired) electrons. The Balaban J connectivity index is 1.58. The van der Waals surface area contributed by atoms with Crippen molar-refractivity contribution in [2.75, 3.05) is 36.5 Å². The van der Waals surface area contributed by atoms with Crippen LogP contribution in [0.2, 0.25) is 0 Å². The minimum atomic E-state index is -3.62. The summed E-state index contributed by atoms with van der Waals surface area (Å²) < 4.78 is 26.7. The highest BCUT2D eigenvalue weighted by Crippen LogP contribution is 2.21. The second kappa shape index (κ2) is 9.47. The molecule has 0 atom stereocenters. The van der Waals surface area contributed by atoms with Crippen LogP contribution in [0, 0.1) is 0 Å². The number of para-hydroxylation sites is 1. The molecule has 0 spiro atoms.